The number of azide groups is 1. The number of rotatable bonds is 6. The molecule has 0 aromatic heterocycles. The van der Waals surface area contributed by atoms with Crippen LogP contribution in [0.5, 0.6) is 0 Å². The van der Waals surface area contributed by atoms with Crippen LogP contribution in [-0.2, 0) is 0 Å². The average Bonchev–Trinajstić information content (AvgIpc) is 1.97. The first-order valence-corrected chi connectivity index (χ1v) is 4.29. The standard InChI is InChI=1S/C5H12N4S/c6-9-8-4-2-1-3-5-10-7/h1-5,7H2. The van der Waals surface area contributed by atoms with Crippen molar-refractivity contribution in [2.75, 3.05) is 12.3 Å². The van der Waals surface area contributed by atoms with Gasteiger partial charge in [0.25, 0.3) is 0 Å². The first-order chi connectivity index (χ1) is 4.91. The van der Waals surface area contributed by atoms with Crippen LogP contribution in [0, 0.1) is 0 Å². The summed E-state index contributed by atoms with van der Waals surface area (Å²) in [5.74, 6) is 0.996. The van der Waals surface area contributed by atoms with Crippen LogP contribution in [0.15, 0.2) is 5.11 Å². The molecule has 0 fully saturated rings. The lowest BCUT2D eigenvalue weighted by molar-refractivity contribution is 0.730. The zero-order valence-electron chi connectivity index (χ0n) is 5.86. The number of hydrogen-bond acceptors (Lipinski definition) is 3. The Morgan fingerprint density at radius 2 is 2.20 bits per heavy atom. The SMILES string of the molecule is [N-]=[N+]=NCCCCCSN. The number of nitrogens with two attached hydrogens (primary N) is 1. The maximum atomic E-state index is 7.90. The van der Waals surface area contributed by atoms with Crippen molar-refractivity contribution in [3.63, 3.8) is 0 Å². The van der Waals surface area contributed by atoms with Gasteiger partial charge in [-0.05, 0) is 18.4 Å². The second kappa shape index (κ2) is 8.62. The minimum Gasteiger partial charge on any atom is -0.278 e. The minimum absolute atomic E-state index is 0.617. The summed E-state index contributed by atoms with van der Waals surface area (Å²) in [5.41, 5.74) is 7.90. The van der Waals surface area contributed by atoms with E-state index < -0.39 is 0 Å². The van der Waals surface area contributed by atoms with E-state index in [0.717, 1.165) is 25.0 Å². The van der Waals surface area contributed by atoms with Gasteiger partial charge < -0.3 is 0 Å². The molecule has 5 heteroatoms. The Hall–Kier alpha value is -0.380. The molecule has 0 amide bonds. The topological polar surface area (TPSA) is 74.8 Å². The van der Waals surface area contributed by atoms with Gasteiger partial charge in [0.05, 0.1) is 0 Å². The maximum Gasteiger partial charge on any atom is 0.0257 e. The van der Waals surface area contributed by atoms with Gasteiger partial charge >= 0.3 is 0 Å². The summed E-state index contributed by atoms with van der Waals surface area (Å²) in [5, 5.41) is 8.62. The van der Waals surface area contributed by atoms with Crippen molar-refractivity contribution >= 4 is 11.9 Å². The first-order valence-electron chi connectivity index (χ1n) is 3.24. The average molecular weight is 160 g/mol. The zero-order chi connectivity index (χ0) is 7.66. The fourth-order valence-electron chi connectivity index (χ4n) is 0.589. The molecule has 0 saturated heterocycles. The molecule has 0 spiro atoms. The molecule has 0 bridgehead atoms. The van der Waals surface area contributed by atoms with Crippen LogP contribution >= 0.6 is 11.9 Å². The number of unbranched alkanes of at least 4 members (excludes halogenated alkanes) is 2. The third-order valence-electron chi connectivity index (χ3n) is 1.08. The Labute approximate surface area is 64.9 Å². The number of hydrogen-bond donors (Lipinski definition) is 1. The van der Waals surface area contributed by atoms with E-state index >= 15 is 0 Å². The van der Waals surface area contributed by atoms with Crippen molar-refractivity contribution < 1.29 is 0 Å². The largest absolute Gasteiger partial charge is 0.278 e. The Morgan fingerprint density at radius 1 is 1.40 bits per heavy atom. The van der Waals surface area contributed by atoms with E-state index in [1.54, 1.807) is 0 Å². The Balaban J connectivity index is 2.83. The fourth-order valence-corrected chi connectivity index (χ4v) is 0.960. The van der Waals surface area contributed by atoms with Crippen LogP contribution in [0.4, 0.5) is 0 Å². The quantitative estimate of drug-likeness (QED) is 0.212. The van der Waals surface area contributed by atoms with Crippen molar-refractivity contribution in [1.82, 2.24) is 0 Å². The predicted molar refractivity (Wildman–Crippen MR) is 44.5 cm³/mol. The van der Waals surface area contributed by atoms with Crippen molar-refractivity contribution in [3.05, 3.63) is 10.4 Å². The Morgan fingerprint density at radius 3 is 2.80 bits per heavy atom. The highest BCUT2D eigenvalue weighted by molar-refractivity contribution is 7.97. The highest BCUT2D eigenvalue weighted by Gasteiger charge is 1.86. The molecule has 58 valence electrons. The number of nitrogens with zero attached hydrogens (tertiary/aromatic N) is 3. The highest BCUT2D eigenvalue weighted by atomic mass is 32.2. The second-order valence-electron chi connectivity index (χ2n) is 1.89. The van der Waals surface area contributed by atoms with E-state index in [1.807, 2.05) is 0 Å². The molecule has 0 aromatic rings. The van der Waals surface area contributed by atoms with Gasteiger partial charge in [0.1, 0.15) is 0 Å². The van der Waals surface area contributed by atoms with E-state index in [2.05, 4.69) is 10.0 Å². The molecule has 0 rings (SSSR count). The van der Waals surface area contributed by atoms with Crippen molar-refractivity contribution in [3.8, 4) is 0 Å². The summed E-state index contributed by atoms with van der Waals surface area (Å²) in [7, 11) is 0. The summed E-state index contributed by atoms with van der Waals surface area (Å²) < 4.78 is 0. The molecule has 0 aromatic carbocycles. The fraction of sp³-hybridized carbons (Fsp3) is 1.00. The van der Waals surface area contributed by atoms with Gasteiger partial charge in [-0.25, -0.2) is 0 Å². The van der Waals surface area contributed by atoms with Crippen molar-refractivity contribution in [2.24, 2.45) is 10.3 Å². The lowest BCUT2D eigenvalue weighted by Gasteiger charge is -1.93. The predicted octanol–water partition coefficient (Wildman–Crippen LogP) is 2.07. The molecule has 10 heavy (non-hydrogen) atoms. The first kappa shape index (κ1) is 9.62. The van der Waals surface area contributed by atoms with Crippen LogP contribution in [0.2, 0.25) is 0 Å². The summed E-state index contributed by atoms with van der Waals surface area (Å²) in [4.78, 5) is 2.65. The van der Waals surface area contributed by atoms with Crippen LogP contribution in [0.25, 0.3) is 10.4 Å². The molecule has 0 aliphatic carbocycles. The summed E-state index contributed by atoms with van der Waals surface area (Å²) >= 11 is 1.36. The summed E-state index contributed by atoms with van der Waals surface area (Å²) in [6, 6.07) is 0. The summed E-state index contributed by atoms with van der Waals surface area (Å²) in [6.07, 6.45) is 3.19. The second-order valence-corrected chi connectivity index (χ2v) is 2.63. The normalized spacial score (nSPS) is 8.90. The van der Waals surface area contributed by atoms with E-state index in [4.69, 9.17) is 10.7 Å². The molecule has 4 nitrogen and oxygen atoms in total. The van der Waals surface area contributed by atoms with Gasteiger partial charge in [-0.3, -0.25) is 5.14 Å². The van der Waals surface area contributed by atoms with E-state index in [1.165, 1.54) is 11.9 Å². The third-order valence-corrected chi connectivity index (χ3v) is 1.61. The molecular weight excluding hydrogens is 148 g/mol. The molecule has 0 radical (unpaired) electrons. The van der Waals surface area contributed by atoms with Crippen molar-refractivity contribution in [2.45, 2.75) is 19.3 Å². The van der Waals surface area contributed by atoms with Gasteiger partial charge in [0.15, 0.2) is 0 Å². The molecule has 0 aliphatic heterocycles. The van der Waals surface area contributed by atoms with Crippen LogP contribution in [0.3, 0.4) is 0 Å². The van der Waals surface area contributed by atoms with Gasteiger partial charge in [0.2, 0.25) is 0 Å². The smallest absolute Gasteiger partial charge is 0.0257 e. The van der Waals surface area contributed by atoms with Gasteiger partial charge in [-0.1, -0.05) is 23.5 Å². The molecule has 0 unspecified atom stereocenters. The lowest BCUT2D eigenvalue weighted by atomic mass is 10.2. The molecule has 2 N–H and O–H groups in total. The van der Waals surface area contributed by atoms with Crippen LogP contribution < -0.4 is 5.14 Å². The Kier molecular flexibility index (Phi) is 8.29. The third kappa shape index (κ3) is 7.62. The van der Waals surface area contributed by atoms with E-state index in [0.29, 0.717) is 6.54 Å². The molecular formula is C5H12N4S. The maximum absolute atomic E-state index is 7.90. The van der Waals surface area contributed by atoms with E-state index in [-0.39, 0.29) is 0 Å². The molecule has 0 heterocycles. The highest BCUT2D eigenvalue weighted by Crippen LogP contribution is 1.99. The van der Waals surface area contributed by atoms with Crippen molar-refractivity contribution in [1.29, 1.82) is 0 Å². The van der Waals surface area contributed by atoms with Crippen LogP contribution in [0.1, 0.15) is 19.3 Å². The summed E-state index contributed by atoms with van der Waals surface area (Å²) in [6.45, 7) is 0.617. The van der Waals surface area contributed by atoms with Crippen LogP contribution in [-0.4, -0.2) is 12.3 Å². The van der Waals surface area contributed by atoms with E-state index in [9.17, 15) is 0 Å². The minimum atomic E-state index is 0.617. The molecule has 0 aliphatic rings. The Bertz CT molecular complexity index is 110. The molecule has 0 saturated carbocycles. The van der Waals surface area contributed by atoms with Gasteiger partial charge in [-0.2, -0.15) is 0 Å². The molecule has 0 atom stereocenters. The van der Waals surface area contributed by atoms with Gasteiger partial charge in [0, 0.05) is 17.2 Å². The zero-order valence-corrected chi connectivity index (χ0v) is 6.68. The van der Waals surface area contributed by atoms with Gasteiger partial charge in [-0.15, -0.1) is 0 Å². The monoisotopic (exact) mass is 160 g/mol. The lowest BCUT2D eigenvalue weighted by Crippen LogP contribution is -1.86.